The minimum Gasteiger partial charge on any atom is -0.395 e. The molecular formula is C9H17F3N2O. The standard InChI is InChI=1S/C9H17F3N2O/c10-9(11,12)6-2-1-3-7(13)8(6)14-4-5-15/h6-8,14-15H,1-5,13H2. The molecule has 90 valence electrons. The van der Waals surface area contributed by atoms with Crippen LogP contribution in [0.2, 0.25) is 0 Å². The molecule has 4 N–H and O–H groups in total. The van der Waals surface area contributed by atoms with Crippen molar-refractivity contribution < 1.29 is 18.3 Å². The molecule has 1 fully saturated rings. The molecule has 1 aliphatic carbocycles. The first-order valence-electron chi connectivity index (χ1n) is 5.13. The zero-order valence-electron chi connectivity index (χ0n) is 8.43. The van der Waals surface area contributed by atoms with Crippen LogP contribution in [0.3, 0.4) is 0 Å². The Morgan fingerprint density at radius 1 is 1.33 bits per heavy atom. The molecule has 6 heteroatoms. The SMILES string of the molecule is NC1CCCC(C(F)(F)F)C1NCCO. The van der Waals surface area contributed by atoms with Gasteiger partial charge in [0.25, 0.3) is 0 Å². The van der Waals surface area contributed by atoms with E-state index in [1.54, 1.807) is 0 Å². The van der Waals surface area contributed by atoms with E-state index < -0.39 is 24.2 Å². The number of halogens is 3. The van der Waals surface area contributed by atoms with Crippen LogP contribution in [0.4, 0.5) is 13.2 Å². The maximum atomic E-state index is 12.6. The molecule has 0 amide bonds. The number of aliphatic hydroxyl groups is 1. The van der Waals surface area contributed by atoms with Crippen LogP contribution in [0, 0.1) is 5.92 Å². The van der Waals surface area contributed by atoms with Gasteiger partial charge in [-0.05, 0) is 12.8 Å². The van der Waals surface area contributed by atoms with Crippen molar-refractivity contribution in [3.63, 3.8) is 0 Å². The molecule has 0 aromatic rings. The Balaban J connectivity index is 2.64. The lowest BCUT2D eigenvalue weighted by atomic mass is 9.81. The Labute approximate surface area is 86.8 Å². The van der Waals surface area contributed by atoms with Crippen LogP contribution in [0.15, 0.2) is 0 Å². The summed E-state index contributed by atoms with van der Waals surface area (Å²) < 4.78 is 37.9. The number of alkyl halides is 3. The summed E-state index contributed by atoms with van der Waals surface area (Å²) in [5.74, 6) is -1.38. The van der Waals surface area contributed by atoms with Gasteiger partial charge in [0, 0.05) is 18.6 Å². The van der Waals surface area contributed by atoms with Gasteiger partial charge in [0.1, 0.15) is 0 Å². The Morgan fingerprint density at radius 2 is 2.00 bits per heavy atom. The highest BCUT2D eigenvalue weighted by Gasteiger charge is 2.47. The smallest absolute Gasteiger partial charge is 0.393 e. The van der Waals surface area contributed by atoms with Gasteiger partial charge in [-0.2, -0.15) is 13.2 Å². The third-order valence-electron chi connectivity index (χ3n) is 2.86. The first-order chi connectivity index (χ1) is 6.96. The summed E-state index contributed by atoms with van der Waals surface area (Å²) in [6, 6.07) is -1.23. The summed E-state index contributed by atoms with van der Waals surface area (Å²) in [4.78, 5) is 0. The van der Waals surface area contributed by atoms with Gasteiger partial charge in [0.15, 0.2) is 0 Å². The third kappa shape index (κ3) is 3.32. The number of nitrogens with two attached hydrogens (primary N) is 1. The molecular weight excluding hydrogens is 209 g/mol. The fourth-order valence-electron chi connectivity index (χ4n) is 2.12. The molecule has 1 saturated carbocycles. The highest BCUT2D eigenvalue weighted by Crippen LogP contribution is 2.37. The van der Waals surface area contributed by atoms with Crippen LogP contribution in [-0.2, 0) is 0 Å². The normalized spacial score (nSPS) is 33.0. The lowest BCUT2D eigenvalue weighted by Gasteiger charge is -2.37. The average molecular weight is 226 g/mol. The zero-order valence-corrected chi connectivity index (χ0v) is 8.43. The summed E-state index contributed by atoms with van der Waals surface area (Å²) in [5, 5.41) is 11.3. The maximum Gasteiger partial charge on any atom is 0.393 e. The third-order valence-corrected chi connectivity index (χ3v) is 2.86. The second kappa shape index (κ2) is 5.14. The van der Waals surface area contributed by atoms with E-state index in [2.05, 4.69) is 5.32 Å². The van der Waals surface area contributed by atoms with Crippen LogP contribution in [0.1, 0.15) is 19.3 Å². The van der Waals surface area contributed by atoms with Crippen molar-refractivity contribution in [1.29, 1.82) is 0 Å². The highest BCUT2D eigenvalue weighted by atomic mass is 19.4. The molecule has 0 spiro atoms. The monoisotopic (exact) mass is 226 g/mol. The predicted molar refractivity (Wildman–Crippen MR) is 50.2 cm³/mol. The zero-order chi connectivity index (χ0) is 11.5. The number of hydrogen-bond donors (Lipinski definition) is 3. The quantitative estimate of drug-likeness (QED) is 0.661. The molecule has 0 aromatic heterocycles. The van der Waals surface area contributed by atoms with Gasteiger partial charge in [-0.15, -0.1) is 0 Å². The van der Waals surface area contributed by atoms with E-state index in [1.807, 2.05) is 0 Å². The molecule has 3 nitrogen and oxygen atoms in total. The van der Waals surface area contributed by atoms with Gasteiger partial charge in [-0.1, -0.05) is 6.42 Å². The Kier molecular flexibility index (Phi) is 4.36. The lowest BCUT2D eigenvalue weighted by molar-refractivity contribution is -0.190. The van der Waals surface area contributed by atoms with E-state index in [0.29, 0.717) is 12.8 Å². The number of hydrogen-bond acceptors (Lipinski definition) is 3. The number of rotatable bonds is 3. The number of aliphatic hydroxyl groups excluding tert-OH is 1. The fourth-order valence-corrected chi connectivity index (χ4v) is 2.12. The van der Waals surface area contributed by atoms with E-state index >= 15 is 0 Å². The van der Waals surface area contributed by atoms with Crippen molar-refractivity contribution >= 4 is 0 Å². The molecule has 15 heavy (non-hydrogen) atoms. The molecule has 0 saturated heterocycles. The first kappa shape index (κ1) is 12.7. The largest absolute Gasteiger partial charge is 0.395 e. The van der Waals surface area contributed by atoms with Crippen molar-refractivity contribution in [3.05, 3.63) is 0 Å². The van der Waals surface area contributed by atoms with Gasteiger partial charge in [-0.25, -0.2) is 0 Å². The van der Waals surface area contributed by atoms with Crippen molar-refractivity contribution in [2.24, 2.45) is 11.7 Å². The summed E-state index contributed by atoms with van der Waals surface area (Å²) >= 11 is 0. The van der Waals surface area contributed by atoms with Gasteiger partial charge < -0.3 is 16.2 Å². The second-order valence-corrected chi connectivity index (χ2v) is 3.95. The van der Waals surface area contributed by atoms with Gasteiger partial charge in [0.2, 0.25) is 0 Å². The summed E-state index contributed by atoms with van der Waals surface area (Å²) in [6.07, 6.45) is -2.95. The Bertz CT molecular complexity index is 198. The molecule has 0 bridgehead atoms. The molecule has 0 heterocycles. The van der Waals surface area contributed by atoms with Crippen molar-refractivity contribution in [2.45, 2.75) is 37.5 Å². The predicted octanol–water partition coefficient (Wildman–Crippen LogP) is 0.627. The van der Waals surface area contributed by atoms with E-state index in [-0.39, 0.29) is 19.6 Å². The average Bonchev–Trinajstić information content (AvgIpc) is 2.14. The van der Waals surface area contributed by atoms with Gasteiger partial charge >= 0.3 is 6.18 Å². The van der Waals surface area contributed by atoms with Gasteiger partial charge in [-0.3, -0.25) is 0 Å². The number of nitrogens with one attached hydrogen (secondary N) is 1. The van der Waals surface area contributed by atoms with Crippen LogP contribution in [0.25, 0.3) is 0 Å². The van der Waals surface area contributed by atoms with Crippen LogP contribution < -0.4 is 11.1 Å². The summed E-state index contributed by atoms with van der Waals surface area (Å²) in [5.41, 5.74) is 5.66. The molecule has 3 atom stereocenters. The van der Waals surface area contributed by atoms with Crippen LogP contribution >= 0.6 is 0 Å². The van der Waals surface area contributed by atoms with Crippen molar-refractivity contribution in [3.8, 4) is 0 Å². The highest BCUT2D eigenvalue weighted by molar-refractivity contribution is 4.93. The van der Waals surface area contributed by atoms with Crippen molar-refractivity contribution in [1.82, 2.24) is 5.32 Å². The molecule has 1 aliphatic rings. The second-order valence-electron chi connectivity index (χ2n) is 3.95. The molecule has 3 unspecified atom stereocenters. The minimum atomic E-state index is -4.20. The van der Waals surface area contributed by atoms with Crippen LogP contribution in [-0.4, -0.2) is 36.5 Å². The van der Waals surface area contributed by atoms with E-state index in [1.165, 1.54) is 0 Å². The minimum absolute atomic E-state index is 0.125. The van der Waals surface area contributed by atoms with E-state index in [0.717, 1.165) is 0 Å². The maximum absolute atomic E-state index is 12.6. The summed E-state index contributed by atoms with van der Waals surface area (Å²) in [6.45, 7) is -0.0151. The Hall–Kier alpha value is -0.330. The fraction of sp³-hybridized carbons (Fsp3) is 1.00. The first-order valence-corrected chi connectivity index (χ1v) is 5.13. The summed E-state index contributed by atoms with van der Waals surface area (Å²) in [7, 11) is 0. The molecule has 0 aromatic carbocycles. The molecule has 0 aliphatic heterocycles. The van der Waals surface area contributed by atoms with E-state index in [4.69, 9.17) is 10.8 Å². The van der Waals surface area contributed by atoms with Crippen LogP contribution in [0.5, 0.6) is 0 Å². The molecule has 1 rings (SSSR count). The Morgan fingerprint density at radius 3 is 2.53 bits per heavy atom. The van der Waals surface area contributed by atoms with Gasteiger partial charge in [0.05, 0.1) is 12.5 Å². The lowest BCUT2D eigenvalue weighted by Crippen LogP contribution is -2.56. The topological polar surface area (TPSA) is 58.3 Å². The molecule has 0 radical (unpaired) electrons. The van der Waals surface area contributed by atoms with E-state index in [9.17, 15) is 13.2 Å². The van der Waals surface area contributed by atoms with Crippen molar-refractivity contribution in [2.75, 3.05) is 13.2 Å².